The molecule has 0 radical (unpaired) electrons. The van der Waals surface area contributed by atoms with Crippen molar-refractivity contribution in [2.24, 2.45) is 5.41 Å². The lowest BCUT2D eigenvalue weighted by atomic mass is 9.87. The fraction of sp³-hybridized carbons (Fsp3) is 0.533. The third-order valence-electron chi connectivity index (χ3n) is 3.01. The number of hydrogen-bond donors (Lipinski definition) is 3. The summed E-state index contributed by atoms with van der Waals surface area (Å²) < 4.78 is 0.963. The molecule has 2 amide bonds. The van der Waals surface area contributed by atoms with E-state index < -0.39 is 0 Å². The number of carbonyl (C=O) groups is 1. The van der Waals surface area contributed by atoms with Gasteiger partial charge in [-0.15, -0.1) is 0 Å². The van der Waals surface area contributed by atoms with Gasteiger partial charge in [0, 0.05) is 16.7 Å². The molecule has 0 saturated carbocycles. The molecule has 0 bridgehead atoms. The Morgan fingerprint density at radius 2 is 2.10 bits per heavy atom. The van der Waals surface area contributed by atoms with Gasteiger partial charge in [0.1, 0.15) is 0 Å². The summed E-state index contributed by atoms with van der Waals surface area (Å²) in [5, 5.41) is 15.0. The first kappa shape index (κ1) is 17.0. The lowest BCUT2D eigenvalue weighted by Gasteiger charge is -2.26. The highest BCUT2D eigenvalue weighted by Gasteiger charge is 2.21. The summed E-state index contributed by atoms with van der Waals surface area (Å²) in [7, 11) is 0. The second-order valence-electron chi connectivity index (χ2n) is 5.99. The number of halogens is 1. The van der Waals surface area contributed by atoms with Crippen molar-refractivity contribution in [1.29, 1.82) is 0 Å². The molecule has 0 aromatic heterocycles. The van der Waals surface area contributed by atoms with Gasteiger partial charge in [0.15, 0.2) is 0 Å². The first-order chi connectivity index (χ1) is 9.19. The Labute approximate surface area is 129 Å². The van der Waals surface area contributed by atoms with E-state index in [1.54, 1.807) is 6.92 Å². The van der Waals surface area contributed by atoms with Crippen LogP contribution >= 0.6 is 15.9 Å². The number of anilines is 1. The summed E-state index contributed by atoms with van der Waals surface area (Å²) in [4.78, 5) is 11.8. The minimum Gasteiger partial charge on any atom is -0.393 e. The van der Waals surface area contributed by atoms with Gasteiger partial charge in [-0.05, 0) is 43.4 Å². The average Bonchev–Trinajstić information content (AvgIpc) is 2.30. The number of rotatable bonds is 5. The van der Waals surface area contributed by atoms with E-state index in [0.29, 0.717) is 13.0 Å². The lowest BCUT2D eigenvalue weighted by molar-refractivity contribution is 0.129. The van der Waals surface area contributed by atoms with Gasteiger partial charge in [0.05, 0.1) is 6.10 Å². The average molecular weight is 343 g/mol. The number of aliphatic hydroxyl groups excluding tert-OH is 1. The van der Waals surface area contributed by atoms with Gasteiger partial charge in [-0.1, -0.05) is 35.8 Å². The predicted octanol–water partition coefficient (Wildman–Crippen LogP) is 3.68. The van der Waals surface area contributed by atoms with Gasteiger partial charge in [0.25, 0.3) is 0 Å². The standard InChI is InChI=1S/C15H23BrN2O2/c1-10-5-6-12(7-13(10)16)18-14(20)17-9-15(3,4)8-11(2)19/h5-7,11,19H,8-9H2,1-4H3,(H2,17,18,20). The van der Waals surface area contributed by atoms with Crippen molar-refractivity contribution in [3.05, 3.63) is 28.2 Å². The Morgan fingerprint density at radius 3 is 2.65 bits per heavy atom. The zero-order valence-electron chi connectivity index (χ0n) is 12.5. The van der Waals surface area contributed by atoms with Crippen molar-refractivity contribution in [1.82, 2.24) is 5.32 Å². The maximum Gasteiger partial charge on any atom is 0.319 e. The molecule has 0 aliphatic rings. The largest absolute Gasteiger partial charge is 0.393 e. The molecule has 0 aliphatic carbocycles. The molecule has 0 aliphatic heterocycles. The second kappa shape index (κ2) is 7.09. The molecule has 5 heteroatoms. The van der Waals surface area contributed by atoms with Crippen LogP contribution in [0.5, 0.6) is 0 Å². The Morgan fingerprint density at radius 1 is 1.45 bits per heavy atom. The number of aliphatic hydroxyl groups is 1. The molecule has 3 N–H and O–H groups in total. The smallest absolute Gasteiger partial charge is 0.319 e. The van der Waals surface area contributed by atoms with Crippen LogP contribution in [0.25, 0.3) is 0 Å². The molecule has 1 atom stereocenters. The van der Waals surface area contributed by atoms with Crippen LogP contribution < -0.4 is 10.6 Å². The quantitative estimate of drug-likeness (QED) is 0.764. The zero-order chi connectivity index (χ0) is 15.3. The van der Waals surface area contributed by atoms with Crippen molar-refractivity contribution in [3.8, 4) is 0 Å². The maximum atomic E-state index is 11.8. The van der Waals surface area contributed by atoms with Crippen LogP contribution in [0.3, 0.4) is 0 Å². The van der Waals surface area contributed by atoms with E-state index in [1.165, 1.54) is 0 Å². The van der Waals surface area contributed by atoms with Gasteiger partial charge in [-0.25, -0.2) is 4.79 Å². The van der Waals surface area contributed by atoms with E-state index in [9.17, 15) is 9.90 Å². The summed E-state index contributed by atoms with van der Waals surface area (Å²) in [6.07, 6.45) is 0.270. The van der Waals surface area contributed by atoms with Gasteiger partial charge in [0.2, 0.25) is 0 Å². The molecule has 0 saturated heterocycles. The topological polar surface area (TPSA) is 61.4 Å². The van der Waals surface area contributed by atoms with Gasteiger partial charge < -0.3 is 15.7 Å². The Bertz CT molecular complexity index is 473. The highest BCUT2D eigenvalue weighted by atomic mass is 79.9. The molecule has 112 valence electrons. The van der Waals surface area contributed by atoms with E-state index >= 15 is 0 Å². The molecule has 1 aromatic rings. The molecule has 20 heavy (non-hydrogen) atoms. The summed E-state index contributed by atoms with van der Waals surface area (Å²) in [5.74, 6) is 0. The molecule has 4 nitrogen and oxygen atoms in total. The van der Waals surface area contributed by atoms with Gasteiger partial charge in [-0.2, -0.15) is 0 Å². The highest BCUT2D eigenvalue weighted by Crippen LogP contribution is 2.22. The molecule has 1 aromatic carbocycles. The third-order valence-corrected chi connectivity index (χ3v) is 3.86. The number of amides is 2. The lowest BCUT2D eigenvalue weighted by Crippen LogP contribution is -2.38. The normalized spacial score (nSPS) is 12.9. The van der Waals surface area contributed by atoms with Gasteiger partial charge in [-0.3, -0.25) is 0 Å². The van der Waals surface area contributed by atoms with Crippen molar-refractivity contribution in [3.63, 3.8) is 0 Å². The van der Waals surface area contributed by atoms with Crippen LogP contribution in [0, 0.1) is 12.3 Å². The van der Waals surface area contributed by atoms with E-state index in [1.807, 2.05) is 39.0 Å². The van der Waals surface area contributed by atoms with E-state index in [2.05, 4.69) is 26.6 Å². The minimum atomic E-state index is -0.372. The van der Waals surface area contributed by atoms with Crippen LogP contribution in [0.1, 0.15) is 32.8 Å². The van der Waals surface area contributed by atoms with Crippen molar-refractivity contribution >= 4 is 27.6 Å². The molecule has 1 unspecified atom stereocenters. The molecule has 1 rings (SSSR count). The highest BCUT2D eigenvalue weighted by molar-refractivity contribution is 9.10. The van der Waals surface area contributed by atoms with E-state index in [0.717, 1.165) is 15.7 Å². The SMILES string of the molecule is Cc1ccc(NC(=O)NCC(C)(C)CC(C)O)cc1Br. The fourth-order valence-electron chi connectivity index (χ4n) is 2.04. The number of benzene rings is 1. The van der Waals surface area contributed by atoms with Crippen molar-refractivity contribution in [2.45, 2.75) is 40.2 Å². The number of carbonyl (C=O) groups excluding carboxylic acids is 1. The van der Waals surface area contributed by atoms with E-state index in [-0.39, 0.29) is 17.6 Å². The van der Waals surface area contributed by atoms with Gasteiger partial charge >= 0.3 is 6.03 Å². The number of urea groups is 1. The minimum absolute atomic E-state index is 0.140. The molecular formula is C15H23BrN2O2. The zero-order valence-corrected chi connectivity index (χ0v) is 14.0. The molecule has 0 spiro atoms. The first-order valence-corrected chi connectivity index (χ1v) is 7.48. The van der Waals surface area contributed by atoms with Crippen LogP contribution in [0.15, 0.2) is 22.7 Å². The van der Waals surface area contributed by atoms with E-state index in [4.69, 9.17) is 0 Å². The first-order valence-electron chi connectivity index (χ1n) is 6.69. The van der Waals surface area contributed by atoms with Crippen LogP contribution in [-0.4, -0.2) is 23.8 Å². The summed E-state index contributed by atoms with van der Waals surface area (Å²) >= 11 is 3.43. The second-order valence-corrected chi connectivity index (χ2v) is 6.84. The Hall–Kier alpha value is -1.07. The molecular weight excluding hydrogens is 320 g/mol. The van der Waals surface area contributed by atoms with Crippen LogP contribution in [-0.2, 0) is 0 Å². The monoisotopic (exact) mass is 342 g/mol. The number of aryl methyl sites for hydroxylation is 1. The van der Waals surface area contributed by atoms with Crippen molar-refractivity contribution < 1.29 is 9.90 Å². The van der Waals surface area contributed by atoms with Crippen LogP contribution in [0.2, 0.25) is 0 Å². The summed E-state index contributed by atoms with van der Waals surface area (Å²) in [5.41, 5.74) is 1.72. The summed E-state index contributed by atoms with van der Waals surface area (Å²) in [6.45, 7) is 8.29. The maximum absolute atomic E-state index is 11.8. The van der Waals surface area contributed by atoms with Crippen LogP contribution in [0.4, 0.5) is 10.5 Å². The van der Waals surface area contributed by atoms with Crippen molar-refractivity contribution in [2.75, 3.05) is 11.9 Å². The molecule has 0 heterocycles. The Kier molecular flexibility index (Phi) is 6.02. The Balaban J connectivity index is 2.49. The molecule has 0 fully saturated rings. The number of hydrogen-bond acceptors (Lipinski definition) is 2. The number of nitrogens with one attached hydrogen (secondary N) is 2. The third kappa shape index (κ3) is 5.92. The fourth-order valence-corrected chi connectivity index (χ4v) is 2.42. The predicted molar refractivity (Wildman–Crippen MR) is 86.0 cm³/mol. The summed E-state index contributed by atoms with van der Waals surface area (Å²) in [6, 6.07) is 5.44.